The molecule has 0 fully saturated rings. The lowest BCUT2D eigenvalue weighted by atomic mass is 10.0. The van der Waals surface area contributed by atoms with Crippen molar-refractivity contribution in [3.63, 3.8) is 0 Å². The number of hydrogen-bond acceptors (Lipinski definition) is 3. The zero-order valence-corrected chi connectivity index (χ0v) is 13.4. The van der Waals surface area contributed by atoms with Crippen LogP contribution < -0.4 is 0 Å². The van der Waals surface area contributed by atoms with Crippen molar-refractivity contribution in [3.05, 3.63) is 58.4 Å². The van der Waals surface area contributed by atoms with Crippen molar-refractivity contribution in [2.75, 3.05) is 0 Å². The third kappa shape index (κ3) is 2.13. The van der Waals surface area contributed by atoms with Gasteiger partial charge in [-0.1, -0.05) is 30.3 Å². The van der Waals surface area contributed by atoms with Gasteiger partial charge in [0.1, 0.15) is 5.37 Å². The van der Waals surface area contributed by atoms with E-state index in [1.165, 1.54) is 5.56 Å². The summed E-state index contributed by atoms with van der Waals surface area (Å²) in [6, 6.07) is 10.4. The lowest BCUT2D eigenvalue weighted by Crippen LogP contribution is -2.11. The van der Waals surface area contributed by atoms with Crippen LogP contribution in [0, 0.1) is 6.92 Å². The molecule has 0 unspecified atom stereocenters. The number of aromatic nitrogens is 1. The lowest BCUT2D eigenvalue weighted by Gasteiger charge is -2.20. The van der Waals surface area contributed by atoms with Gasteiger partial charge in [0.05, 0.1) is 18.0 Å². The fraction of sp³-hybridized carbons (Fsp3) is 0.412. The zero-order chi connectivity index (χ0) is 15.2. The van der Waals surface area contributed by atoms with Crippen LogP contribution in [-0.4, -0.2) is 14.8 Å². The minimum absolute atomic E-state index is 0.0232. The minimum atomic E-state index is -0.0866. The summed E-state index contributed by atoms with van der Waals surface area (Å²) in [4.78, 5) is 0. The molecule has 0 amide bonds. The molecule has 21 heavy (non-hydrogen) atoms. The van der Waals surface area contributed by atoms with Gasteiger partial charge >= 0.3 is 0 Å². The van der Waals surface area contributed by atoms with Crippen LogP contribution >= 0.6 is 11.8 Å². The van der Waals surface area contributed by atoms with Crippen LogP contribution in [0.1, 0.15) is 47.3 Å². The Kier molecular flexibility index (Phi) is 3.64. The lowest BCUT2D eigenvalue weighted by molar-refractivity contribution is 0.259. The van der Waals surface area contributed by atoms with E-state index < -0.39 is 0 Å². The second-order valence-electron chi connectivity index (χ2n) is 5.97. The summed E-state index contributed by atoms with van der Waals surface area (Å²) in [5, 5.41) is 19.7. The fourth-order valence-electron chi connectivity index (χ4n) is 3.37. The summed E-state index contributed by atoms with van der Waals surface area (Å²) >= 11 is 1.89. The average Bonchev–Trinajstić information content (AvgIpc) is 2.93. The standard InChI is InChI=1S/C17H21NO2S/c1-11-13(9-19)14(10-20)15-17(2,3)21-16(18(11)15)12-7-5-4-6-8-12/h4-8,16,19-20H,9-10H2,1-3H3/t16-/m0/s1. The van der Waals surface area contributed by atoms with Crippen molar-refractivity contribution in [1.29, 1.82) is 0 Å². The Hall–Kier alpha value is -1.23. The molecule has 1 aromatic heterocycles. The largest absolute Gasteiger partial charge is 0.392 e. The molecule has 0 aliphatic carbocycles. The number of aliphatic hydroxyl groups excluding tert-OH is 2. The molecule has 3 nitrogen and oxygen atoms in total. The van der Waals surface area contributed by atoms with E-state index in [9.17, 15) is 10.2 Å². The van der Waals surface area contributed by atoms with E-state index >= 15 is 0 Å². The second kappa shape index (κ2) is 5.20. The molecule has 1 aliphatic heterocycles. The molecule has 2 N–H and O–H groups in total. The molecule has 0 bridgehead atoms. The Morgan fingerprint density at radius 2 is 1.71 bits per heavy atom. The summed E-state index contributed by atoms with van der Waals surface area (Å²) < 4.78 is 2.20. The molecule has 4 heteroatoms. The number of nitrogens with zero attached hydrogens (tertiary/aromatic N) is 1. The zero-order valence-electron chi connectivity index (χ0n) is 12.6. The van der Waals surface area contributed by atoms with E-state index in [0.717, 1.165) is 22.5 Å². The van der Waals surface area contributed by atoms with Gasteiger partial charge in [-0.3, -0.25) is 0 Å². The van der Waals surface area contributed by atoms with Gasteiger partial charge in [0.2, 0.25) is 0 Å². The first-order chi connectivity index (χ1) is 10.0. The van der Waals surface area contributed by atoms with E-state index in [4.69, 9.17) is 0 Å². The summed E-state index contributed by atoms with van der Waals surface area (Å²) in [7, 11) is 0. The molecule has 1 aliphatic rings. The molecule has 2 heterocycles. The first-order valence-electron chi connectivity index (χ1n) is 7.18. The minimum Gasteiger partial charge on any atom is -0.392 e. The molecule has 0 spiro atoms. The molecular formula is C17H21NO2S. The van der Waals surface area contributed by atoms with E-state index in [-0.39, 0.29) is 23.3 Å². The van der Waals surface area contributed by atoms with E-state index in [1.54, 1.807) is 0 Å². The molecule has 1 aromatic carbocycles. The molecular weight excluding hydrogens is 282 g/mol. The highest BCUT2D eigenvalue weighted by molar-refractivity contribution is 8.00. The van der Waals surface area contributed by atoms with E-state index in [0.29, 0.717) is 0 Å². The molecule has 0 saturated heterocycles. The number of thioether (sulfide) groups is 1. The van der Waals surface area contributed by atoms with Crippen LogP contribution in [0.5, 0.6) is 0 Å². The highest BCUT2D eigenvalue weighted by atomic mass is 32.2. The smallest absolute Gasteiger partial charge is 0.106 e. The van der Waals surface area contributed by atoms with Gasteiger partial charge in [-0.15, -0.1) is 11.8 Å². The SMILES string of the molecule is Cc1c(CO)c(CO)c2n1[C@H](c1ccccc1)SC2(C)C. The van der Waals surface area contributed by atoms with Crippen molar-refractivity contribution < 1.29 is 10.2 Å². The Labute approximate surface area is 129 Å². The molecule has 1 atom stereocenters. The first kappa shape index (κ1) is 14.7. The third-order valence-electron chi connectivity index (χ3n) is 4.30. The summed E-state index contributed by atoms with van der Waals surface area (Å²) in [6.45, 7) is 6.36. The Bertz CT molecular complexity index is 661. The Morgan fingerprint density at radius 1 is 1.10 bits per heavy atom. The van der Waals surface area contributed by atoms with Gasteiger partial charge in [0, 0.05) is 22.5 Å². The third-order valence-corrected chi connectivity index (χ3v) is 5.79. The number of aliphatic hydroxyl groups is 2. The number of fused-ring (bicyclic) bond motifs is 1. The van der Waals surface area contributed by atoms with Crippen LogP contribution in [0.15, 0.2) is 30.3 Å². The summed E-state index contributed by atoms with van der Waals surface area (Å²) in [6.07, 6.45) is 0. The average molecular weight is 303 g/mol. The van der Waals surface area contributed by atoms with Crippen molar-refractivity contribution in [1.82, 2.24) is 4.57 Å². The van der Waals surface area contributed by atoms with Crippen molar-refractivity contribution >= 4 is 11.8 Å². The van der Waals surface area contributed by atoms with E-state index in [1.807, 2.05) is 24.8 Å². The molecule has 112 valence electrons. The number of rotatable bonds is 3. The van der Waals surface area contributed by atoms with Gasteiger partial charge in [-0.05, 0) is 26.3 Å². The number of benzene rings is 1. The monoisotopic (exact) mass is 303 g/mol. The highest BCUT2D eigenvalue weighted by Gasteiger charge is 2.42. The second-order valence-corrected chi connectivity index (χ2v) is 7.67. The molecule has 0 saturated carbocycles. The quantitative estimate of drug-likeness (QED) is 0.914. The fourth-order valence-corrected chi connectivity index (χ4v) is 4.92. The van der Waals surface area contributed by atoms with Gasteiger partial charge in [-0.25, -0.2) is 0 Å². The van der Waals surface area contributed by atoms with Crippen LogP contribution in [-0.2, 0) is 18.0 Å². The Balaban J connectivity index is 2.24. The maximum absolute atomic E-state index is 9.78. The van der Waals surface area contributed by atoms with Gasteiger partial charge in [0.15, 0.2) is 0 Å². The summed E-state index contributed by atoms with van der Waals surface area (Å²) in [5.41, 5.74) is 5.23. The molecule has 3 rings (SSSR count). The van der Waals surface area contributed by atoms with Crippen molar-refractivity contribution in [2.24, 2.45) is 0 Å². The maximum atomic E-state index is 9.78. The summed E-state index contributed by atoms with van der Waals surface area (Å²) in [5.74, 6) is 0. The van der Waals surface area contributed by atoms with Gasteiger partial charge in [-0.2, -0.15) is 0 Å². The number of hydrogen-bond donors (Lipinski definition) is 2. The van der Waals surface area contributed by atoms with Crippen molar-refractivity contribution in [3.8, 4) is 0 Å². The van der Waals surface area contributed by atoms with Crippen LogP contribution in [0.4, 0.5) is 0 Å². The van der Waals surface area contributed by atoms with Gasteiger partial charge < -0.3 is 14.8 Å². The predicted molar refractivity (Wildman–Crippen MR) is 86.2 cm³/mol. The maximum Gasteiger partial charge on any atom is 0.106 e. The molecule has 0 radical (unpaired) electrons. The highest BCUT2D eigenvalue weighted by Crippen LogP contribution is 2.56. The topological polar surface area (TPSA) is 45.4 Å². The van der Waals surface area contributed by atoms with Crippen LogP contribution in [0.25, 0.3) is 0 Å². The van der Waals surface area contributed by atoms with Crippen molar-refractivity contribution in [2.45, 2.75) is 44.1 Å². The normalized spacial score (nSPS) is 19.8. The predicted octanol–water partition coefficient (Wildman–Crippen LogP) is 3.31. The van der Waals surface area contributed by atoms with E-state index in [2.05, 4.69) is 42.7 Å². The Morgan fingerprint density at radius 3 is 2.29 bits per heavy atom. The first-order valence-corrected chi connectivity index (χ1v) is 8.06. The van der Waals surface area contributed by atoms with Crippen LogP contribution in [0.2, 0.25) is 0 Å². The van der Waals surface area contributed by atoms with Gasteiger partial charge in [0.25, 0.3) is 0 Å². The van der Waals surface area contributed by atoms with Crippen LogP contribution in [0.3, 0.4) is 0 Å². The molecule has 2 aromatic rings.